The van der Waals surface area contributed by atoms with Gasteiger partial charge in [0.05, 0.1) is 10.9 Å². The van der Waals surface area contributed by atoms with E-state index < -0.39 is 0 Å². The third kappa shape index (κ3) is 1.95. The molecule has 1 heterocycles. The number of nitrogens with zero attached hydrogens (tertiary/aromatic N) is 1. The molecule has 2 rings (SSSR count). The van der Waals surface area contributed by atoms with Crippen LogP contribution in [0.4, 0.5) is 6.01 Å². The number of nitrogens with one attached hydrogen (secondary N) is 1. The number of fused-ring (bicyclic) bond motifs is 1. The lowest BCUT2D eigenvalue weighted by Crippen LogP contribution is -2.07. The van der Waals surface area contributed by atoms with Crippen molar-refractivity contribution in [2.45, 2.75) is 6.92 Å². The van der Waals surface area contributed by atoms with Gasteiger partial charge >= 0.3 is 5.63 Å². The van der Waals surface area contributed by atoms with Crippen LogP contribution in [0.25, 0.3) is 10.9 Å². The zero-order valence-corrected chi connectivity index (χ0v) is 8.99. The maximum atomic E-state index is 11.6. The second-order valence-corrected chi connectivity index (χ2v) is 3.50. The molecule has 4 heteroatoms. The summed E-state index contributed by atoms with van der Waals surface area (Å²) >= 11 is 0. The molecule has 2 aromatic rings. The van der Waals surface area contributed by atoms with Crippen LogP contribution in [0.5, 0.6) is 0 Å². The van der Waals surface area contributed by atoms with E-state index in [2.05, 4.69) is 16.9 Å². The largest absolute Gasteiger partial charge is 0.389 e. The molecular weight excluding hydrogens is 204 g/mol. The standard InChI is InChI=1S/C12H12N2O2/c1-3-6-13-12-14-10-5-4-8(2)7-9(10)11(15)16-12/h3-5,7H,1,6H2,2H3,(H,13,14). The van der Waals surface area contributed by atoms with E-state index in [1.807, 2.05) is 13.0 Å². The monoisotopic (exact) mass is 216 g/mol. The first-order chi connectivity index (χ1) is 7.70. The summed E-state index contributed by atoms with van der Waals surface area (Å²) in [4.78, 5) is 15.8. The summed E-state index contributed by atoms with van der Waals surface area (Å²) < 4.78 is 5.02. The van der Waals surface area contributed by atoms with Gasteiger partial charge in [-0.25, -0.2) is 4.79 Å². The molecule has 0 unspecified atom stereocenters. The second kappa shape index (κ2) is 4.18. The van der Waals surface area contributed by atoms with Crippen molar-refractivity contribution in [1.82, 2.24) is 4.98 Å². The average Bonchev–Trinajstić information content (AvgIpc) is 2.27. The fourth-order valence-corrected chi connectivity index (χ4v) is 1.42. The van der Waals surface area contributed by atoms with Crippen molar-refractivity contribution in [2.75, 3.05) is 11.9 Å². The van der Waals surface area contributed by atoms with Gasteiger partial charge in [-0.1, -0.05) is 17.7 Å². The maximum Gasteiger partial charge on any atom is 0.348 e. The quantitative estimate of drug-likeness (QED) is 0.798. The predicted molar refractivity (Wildman–Crippen MR) is 63.7 cm³/mol. The topological polar surface area (TPSA) is 55.1 Å². The van der Waals surface area contributed by atoms with E-state index >= 15 is 0 Å². The van der Waals surface area contributed by atoms with Gasteiger partial charge in [-0.05, 0) is 19.1 Å². The number of hydrogen-bond acceptors (Lipinski definition) is 4. The lowest BCUT2D eigenvalue weighted by atomic mass is 10.2. The first-order valence-electron chi connectivity index (χ1n) is 4.97. The summed E-state index contributed by atoms with van der Waals surface area (Å²) in [5.74, 6) is 0. The molecule has 0 saturated carbocycles. The molecule has 0 spiro atoms. The number of rotatable bonds is 3. The molecule has 0 amide bonds. The molecule has 82 valence electrons. The Balaban J connectivity index is 2.55. The van der Waals surface area contributed by atoms with Gasteiger partial charge in [0.2, 0.25) is 0 Å². The van der Waals surface area contributed by atoms with Gasteiger partial charge in [-0.15, -0.1) is 6.58 Å². The molecule has 0 aliphatic carbocycles. The second-order valence-electron chi connectivity index (χ2n) is 3.50. The highest BCUT2D eigenvalue weighted by Crippen LogP contribution is 2.12. The zero-order chi connectivity index (χ0) is 11.5. The van der Waals surface area contributed by atoms with Crippen LogP contribution in [0, 0.1) is 6.92 Å². The number of hydrogen-bond donors (Lipinski definition) is 1. The van der Waals surface area contributed by atoms with Gasteiger partial charge < -0.3 is 9.73 Å². The predicted octanol–water partition coefficient (Wildman–Crippen LogP) is 2.09. The third-order valence-corrected chi connectivity index (χ3v) is 2.18. The van der Waals surface area contributed by atoms with Crippen molar-refractivity contribution in [2.24, 2.45) is 0 Å². The van der Waals surface area contributed by atoms with Gasteiger partial charge in [0, 0.05) is 6.54 Å². The molecule has 0 saturated heterocycles. The average molecular weight is 216 g/mol. The Kier molecular flexibility index (Phi) is 2.72. The summed E-state index contributed by atoms with van der Waals surface area (Å²) in [5, 5.41) is 3.35. The Morgan fingerprint density at radius 3 is 3.12 bits per heavy atom. The normalized spacial score (nSPS) is 10.3. The molecule has 0 bridgehead atoms. The van der Waals surface area contributed by atoms with Crippen LogP contribution < -0.4 is 10.9 Å². The lowest BCUT2D eigenvalue weighted by molar-refractivity contribution is 0.518. The minimum Gasteiger partial charge on any atom is -0.389 e. The van der Waals surface area contributed by atoms with E-state index in [4.69, 9.17) is 4.42 Å². The van der Waals surface area contributed by atoms with Gasteiger partial charge in [0.25, 0.3) is 6.01 Å². The first-order valence-corrected chi connectivity index (χ1v) is 4.97. The summed E-state index contributed by atoms with van der Waals surface area (Å²) in [6, 6.07) is 5.71. The first kappa shape index (κ1) is 10.4. The van der Waals surface area contributed by atoms with Crippen molar-refractivity contribution in [3.8, 4) is 0 Å². The Bertz CT molecular complexity index is 587. The summed E-state index contributed by atoms with van der Waals surface area (Å²) in [6.45, 7) is 5.99. The Hall–Kier alpha value is -2.10. The van der Waals surface area contributed by atoms with Crippen LogP contribution in [-0.2, 0) is 0 Å². The van der Waals surface area contributed by atoms with Gasteiger partial charge in [-0.2, -0.15) is 4.98 Å². The van der Waals surface area contributed by atoms with Crippen LogP contribution >= 0.6 is 0 Å². The third-order valence-electron chi connectivity index (χ3n) is 2.18. The Morgan fingerprint density at radius 1 is 1.56 bits per heavy atom. The Labute approximate surface area is 92.6 Å². The van der Waals surface area contributed by atoms with E-state index in [-0.39, 0.29) is 11.6 Å². The van der Waals surface area contributed by atoms with Crippen molar-refractivity contribution in [3.63, 3.8) is 0 Å². The van der Waals surface area contributed by atoms with Crippen LogP contribution in [0.3, 0.4) is 0 Å². The van der Waals surface area contributed by atoms with Crippen molar-refractivity contribution < 1.29 is 4.42 Å². The number of benzene rings is 1. The van der Waals surface area contributed by atoms with Gasteiger partial charge in [-0.3, -0.25) is 0 Å². The molecule has 4 nitrogen and oxygen atoms in total. The molecule has 0 fully saturated rings. The fraction of sp³-hybridized carbons (Fsp3) is 0.167. The van der Waals surface area contributed by atoms with Crippen molar-refractivity contribution >= 4 is 16.9 Å². The number of anilines is 1. The number of aromatic nitrogens is 1. The SMILES string of the molecule is C=CCNc1nc2ccc(C)cc2c(=O)o1. The molecule has 1 aromatic heterocycles. The summed E-state index contributed by atoms with van der Waals surface area (Å²) in [7, 11) is 0. The molecule has 16 heavy (non-hydrogen) atoms. The zero-order valence-electron chi connectivity index (χ0n) is 8.99. The molecule has 1 aromatic carbocycles. The minimum atomic E-state index is -0.375. The number of aryl methyl sites for hydroxylation is 1. The highest BCUT2D eigenvalue weighted by atomic mass is 16.4. The van der Waals surface area contributed by atoms with E-state index in [1.165, 1.54) is 0 Å². The molecule has 1 N–H and O–H groups in total. The van der Waals surface area contributed by atoms with Crippen LogP contribution in [-0.4, -0.2) is 11.5 Å². The summed E-state index contributed by atoms with van der Waals surface area (Å²) in [6.07, 6.45) is 1.67. The Morgan fingerprint density at radius 2 is 2.38 bits per heavy atom. The van der Waals surface area contributed by atoms with E-state index in [9.17, 15) is 4.79 Å². The maximum absolute atomic E-state index is 11.6. The molecule has 0 aliphatic heterocycles. The molecule has 0 radical (unpaired) electrons. The van der Waals surface area contributed by atoms with Crippen molar-refractivity contribution in [1.29, 1.82) is 0 Å². The van der Waals surface area contributed by atoms with E-state index in [1.54, 1.807) is 18.2 Å². The van der Waals surface area contributed by atoms with Crippen LogP contribution in [0.2, 0.25) is 0 Å². The van der Waals surface area contributed by atoms with Crippen LogP contribution in [0.15, 0.2) is 40.1 Å². The highest BCUT2D eigenvalue weighted by molar-refractivity contribution is 5.78. The van der Waals surface area contributed by atoms with Gasteiger partial charge in [0.1, 0.15) is 0 Å². The smallest absolute Gasteiger partial charge is 0.348 e. The molecule has 0 atom stereocenters. The summed E-state index contributed by atoms with van der Waals surface area (Å²) in [5.41, 5.74) is 1.27. The molecular formula is C12H12N2O2. The van der Waals surface area contributed by atoms with E-state index in [0.29, 0.717) is 17.4 Å². The lowest BCUT2D eigenvalue weighted by Gasteiger charge is -2.02. The van der Waals surface area contributed by atoms with Crippen LogP contribution in [0.1, 0.15) is 5.56 Å². The van der Waals surface area contributed by atoms with Crippen molar-refractivity contribution in [3.05, 3.63) is 46.8 Å². The minimum absolute atomic E-state index is 0.223. The van der Waals surface area contributed by atoms with Gasteiger partial charge in [0.15, 0.2) is 0 Å². The fourth-order valence-electron chi connectivity index (χ4n) is 1.42. The highest BCUT2D eigenvalue weighted by Gasteiger charge is 2.05. The molecule has 0 aliphatic rings. The van der Waals surface area contributed by atoms with E-state index in [0.717, 1.165) is 5.56 Å².